The third-order valence-corrected chi connectivity index (χ3v) is 3.53. The number of ether oxygens (including phenoxy) is 1. The van der Waals surface area contributed by atoms with E-state index in [2.05, 4.69) is 36.5 Å². The second-order valence-electron chi connectivity index (χ2n) is 4.92. The van der Waals surface area contributed by atoms with Crippen LogP contribution in [0.15, 0.2) is 34.8 Å². The minimum atomic E-state index is -0.266. The van der Waals surface area contributed by atoms with Gasteiger partial charge >= 0.3 is 0 Å². The van der Waals surface area contributed by atoms with Gasteiger partial charge in [-0.25, -0.2) is 9.97 Å². The molecule has 0 aliphatic carbocycles. The van der Waals surface area contributed by atoms with Gasteiger partial charge in [0.05, 0.1) is 0 Å². The van der Waals surface area contributed by atoms with E-state index >= 15 is 0 Å². The Labute approximate surface area is 143 Å². The summed E-state index contributed by atoms with van der Waals surface area (Å²) in [6.07, 6.45) is 0.861. The van der Waals surface area contributed by atoms with Gasteiger partial charge in [-0.3, -0.25) is 4.79 Å². The summed E-state index contributed by atoms with van der Waals surface area (Å²) in [5, 5.41) is 5.99. The lowest BCUT2D eigenvalue weighted by Gasteiger charge is -2.09. The Bertz CT molecular complexity index is 662. The fraction of sp³-hybridized carbons (Fsp3) is 0.312. The van der Waals surface area contributed by atoms with Crippen LogP contribution in [0.5, 0.6) is 0 Å². The van der Waals surface area contributed by atoms with Crippen molar-refractivity contribution >= 4 is 33.3 Å². The Kier molecular flexibility index (Phi) is 6.49. The number of hydrogen-bond acceptors (Lipinski definition) is 5. The molecule has 0 radical (unpaired) electrons. The highest BCUT2D eigenvalue weighted by molar-refractivity contribution is 9.10. The molecular weight excluding hydrogens is 360 g/mol. The van der Waals surface area contributed by atoms with Gasteiger partial charge < -0.3 is 15.4 Å². The quantitative estimate of drug-likeness (QED) is 0.723. The molecule has 2 N–H and O–H groups in total. The average Bonchev–Trinajstić information content (AvgIpc) is 2.53. The van der Waals surface area contributed by atoms with E-state index in [1.807, 2.05) is 24.3 Å². The number of benzene rings is 1. The first-order chi connectivity index (χ1) is 11.1. The molecule has 0 saturated carbocycles. The minimum Gasteiger partial charge on any atom is -0.385 e. The van der Waals surface area contributed by atoms with Crippen LogP contribution in [-0.4, -0.2) is 36.1 Å². The summed E-state index contributed by atoms with van der Waals surface area (Å²) < 4.78 is 5.95. The molecule has 0 fully saturated rings. The zero-order chi connectivity index (χ0) is 16.7. The Morgan fingerprint density at radius 2 is 2.00 bits per heavy atom. The average molecular weight is 379 g/mol. The van der Waals surface area contributed by atoms with Crippen LogP contribution in [0.2, 0.25) is 0 Å². The van der Waals surface area contributed by atoms with Gasteiger partial charge in [0.2, 0.25) is 0 Å². The number of aromatic nitrogens is 2. The summed E-state index contributed by atoms with van der Waals surface area (Å²) in [6, 6.07) is 9.02. The van der Waals surface area contributed by atoms with E-state index in [9.17, 15) is 4.79 Å². The van der Waals surface area contributed by atoms with E-state index in [4.69, 9.17) is 4.74 Å². The largest absolute Gasteiger partial charge is 0.385 e. The molecule has 0 aliphatic heterocycles. The Morgan fingerprint density at radius 3 is 2.70 bits per heavy atom. The molecule has 122 valence electrons. The molecule has 1 amide bonds. The molecule has 0 aliphatic rings. The monoisotopic (exact) mass is 378 g/mol. The van der Waals surface area contributed by atoms with Gasteiger partial charge in [0.15, 0.2) is 0 Å². The van der Waals surface area contributed by atoms with Gasteiger partial charge in [-0.05, 0) is 37.6 Å². The molecule has 0 atom stereocenters. The fourth-order valence-corrected chi connectivity index (χ4v) is 2.20. The van der Waals surface area contributed by atoms with Gasteiger partial charge in [0, 0.05) is 36.5 Å². The number of nitrogens with zero attached hydrogens (tertiary/aromatic N) is 2. The van der Waals surface area contributed by atoms with Crippen LogP contribution >= 0.6 is 15.9 Å². The zero-order valence-electron chi connectivity index (χ0n) is 13.1. The van der Waals surface area contributed by atoms with Crippen molar-refractivity contribution in [3.63, 3.8) is 0 Å². The molecule has 0 spiro atoms. The predicted molar refractivity (Wildman–Crippen MR) is 93.8 cm³/mol. The molecule has 2 aromatic rings. The maximum Gasteiger partial charge on any atom is 0.274 e. The molecule has 1 aromatic heterocycles. The van der Waals surface area contributed by atoms with E-state index in [1.54, 1.807) is 20.1 Å². The summed E-state index contributed by atoms with van der Waals surface area (Å²) >= 11 is 3.36. The van der Waals surface area contributed by atoms with E-state index in [-0.39, 0.29) is 5.91 Å². The second-order valence-corrected chi connectivity index (χ2v) is 5.84. The molecule has 2 rings (SSSR count). The number of hydrogen-bond donors (Lipinski definition) is 2. The van der Waals surface area contributed by atoms with Crippen LogP contribution < -0.4 is 10.6 Å². The SMILES string of the molecule is COCCCNc1cc(C(=O)Nc2ccc(Br)cc2)nc(C)n1. The molecule has 23 heavy (non-hydrogen) atoms. The van der Waals surface area contributed by atoms with Crippen molar-refractivity contribution in [3.8, 4) is 0 Å². The number of methoxy groups -OCH3 is 1. The first kappa shape index (κ1) is 17.4. The Balaban J connectivity index is 2.04. The van der Waals surface area contributed by atoms with Crippen molar-refractivity contribution < 1.29 is 9.53 Å². The highest BCUT2D eigenvalue weighted by Gasteiger charge is 2.11. The molecule has 1 aromatic carbocycles. The van der Waals surface area contributed by atoms with Crippen LogP contribution in [0.4, 0.5) is 11.5 Å². The first-order valence-corrected chi connectivity index (χ1v) is 8.03. The molecule has 0 saturated heterocycles. The Hall–Kier alpha value is -1.99. The number of rotatable bonds is 7. The number of carbonyl (C=O) groups excluding carboxylic acids is 1. The molecule has 0 unspecified atom stereocenters. The molecule has 7 heteroatoms. The van der Waals surface area contributed by atoms with Crippen molar-refractivity contribution in [2.45, 2.75) is 13.3 Å². The Morgan fingerprint density at radius 1 is 1.26 bits per heavy atom. The number of nitrogens with one attached hydrogen (secondary N) is 2. The van der Waals surface area contributed by atoms with Crippen LogP contribution in [0.3, 0.4) is 0 Å². The van der Waals surface area contributed by atoms with Crippen molar-refractivity contribution in [2.75, 3.05) is 30.9 Å². The van der Waals surface area contributed by atoms with Crippen LogP contribution in [0, 0.1) is 6.92 Å². The summed E-state index contributed by atoms with van der Waals surface area (Å²) in [4.78, 5) is 20.8. The lowest BCUT2D eigenvalue weighted by Crippen LogP contribution is -2.16. The van der Waals surface area contributed by atoms with Crippen molar-refractivity contribution in [3.05, 3.63) is 46.3 Å². The summed E-state index contributed by atoms with van der Waals surface area (Å²) in [5.74, 6) is 0.912. The van der Waals surface area contributed by atoms with Gasteiger partial charge in [-0.1, -0.05) is 15.9 Å². The molecule has 0 bridgehead atoms. The van der Waals surface area contributed by atoms with Gasteiger partial charge in [-0.2, -0.15) is 0 Å². The topological polar surface area (TPSA) is 76.1 Å². The van der Waals surface area contributed by atoms with Crippen molar-refractivity contribution in [2.24, 2.45) is 0 Å². The molecule has 1 heterocycles. The lowest BCUT2D eigenvalue weighted by molar-refractivity contribution is 0.102. The van der Waals surface area contributed by atoms with Crippen LogP contribution in [0.25, 0.3) is 0 Å². The predicted octanol–water partition coefficient (Wildman–Crippen LogP) is 3.25. The number of carbonyl (C=O) groups is 1. The molecule has 6 nitrogen and oxygen atoms in total. The lowest BCUT2D eigenvalue weighted by atomic mass is 10.3. The normalized spacial score (nSPS) is 10.4. The van der Waals surface area contributed by atoms with E-state index in [0.717, 1.165) is 17.4 Å². The minimum absolute atomic E-state index is 0.266. The van der Waals surface area contributed by atoms with E-state index in [1.165, 1.54) is 0 Å². The van der Waals surface area contributed by atoms with Crippen LogP contribution in [0.1, 0.15) is 22.7 Å². The third-order valence-electron chi connectivity index (χ3n) is 3.00. The number of aryl methyl sites for hydroxylation is 1. The standard InChI is InChI=1S/C16H19BrN4O2/c1-11-19-14(10-15(20-11)18-8-3-9-23-2)16(22)21-13-6-4-12(17)5-7-13/h4-7,10H,3,8-9H2,1-2H3,(H,21,22)(H,18,19,20). The highest BCUT2D eigenvalue weighted by atomic mass is 79.9. The number of amides is 1. The zero-order valence-corrected chi connectivity index (χ0v) is 14.7. The smallest absolute Gasteiger partial charge is 0.274 e. The van der Waals surface area contributed by atoms with Gasteiger partial charge in [-0.15, -0.1) is 0 Å². The number of anilines is 2. The van der Waals surface area contributed by atoms with Crippen molar-refractivity contribution in [1.29, 1.82) is 0 Å². The summed E-state index contributed by atoms with van der Waals surface area (Å²) in [7, 11) is 1.67. The maximum atomic E-state index is 12.3. The van der Waals surface area contributed by atoms with Gasteiger partial charge in [0.25, 0.3) is 5.91 Å². The third kappa shape index (κ3) is 5.61. The van der Waals surface area contributed by atoms with Gasteiger partial charge in [0.1, 0.15) is 17.3 Å². The highest BCUT2D eigenvalue weighted by Crippen LogP contribution is 2.15. The molecular formula is C16H19BrN4O2. The van der Waals surface area contributed by atoms with E-state index in [0.29, 0.717) is 29.6 Å². The number of halogens is 1. The maximum absolute atomic E-state index is 12.3. The second kappa shape index (κ2) is 8.59. The summed E-state index contributed by atoms with van der Waals surface area (Å²) in [5.41, 5.74) is 1.04. The van der Waals surface area contributed by atoms with Crippen LogP contribution in [-0.2, 0) is 4.74 Å². The van der Waals surface area contributed by atoms with E-state index < -0.39 is 0 Å². The van der Waals surface area contributed by atoms with Crippen molar-refractivity contribution in [1.82, 2.24) is 9.97 Å². The fourth-order valence-electron chi connectivity index (χ4n) is 1.94. The summed E-state index contributed by atoms with van der Waals surface area (Å²) in [6.45, 7) is 3.16. The first-order valence-electron chi connectivity index (χ1n) is 7.24.